The zero-order valence-corrected chi connectivity index (χ0v) is 17.2. The van der Waals surface area contributed by atoms with Gasteiger partial charge in [-0.2, -0.15) is 0 Å². The smallest absolute Gasteiger partial charge is 0.241 e. The molecule has 2 aliphatic carbocycles. The Hall–Kier alpha value is -1.92. The Kier molecular flexibility index (Phi) is 6.10. The standard InChI is InChI=1S/C22H33N3O3/c1-4-28-18-13-22(23,21(18,2)3)20(27)24-14-15-8-7-11-17(12-15)25-19(26)16-9-5-6-10-16/h7-8,11-12,16,18H,4-6,9-10,13-14,23H2,1-3H3,(H,24,27)(H,25,26). The third-order valence-electron chi connectivity index (χ3n) is 6.61. The van der Waals surface area contributed by atoms with Gasteiger partial charge in [-0.25, -0.2) is 0 Å². The highest BCUT2D eigenvalue weighted by Gasteiger charge is 2.62. The quantitative estimate of drug-likeness (QED) is 0.670. The summed E-state index contributed by atoms with van der Waals surface area (Å²) in [5, 5.41) is 5.97. The average Bonchev–Trinajstić information content (AvgIpc) is 3.21. The summed E-state index contributed by atoms with van der Waals surface area (Å²) in [5.41, 5.74) is 6.78. The monoisotopic (exact) mass is 387 g/mol. The lowest BCUT2D eigenvalue weighted by Gasteiger charge is -2.57. The molecule has 2 aliphatic rings. The molecule has 0 bridgehead atoms. The minimum Gasteiger partial charge on any atom is -0.378 e. The molecule has 1 aromatic rings. The van der Waals surface area contributed by atoms with E-state index in [1.54, 1.807) is 0 Å². The van der Waals surface area contributed by atoms with Crippen LogP contribution in [0.2, 0.25) is 0 Å². The molecule has 0 spiro atoms. The van der Waals surface area contributed by atoms with E-state index in [2.05, 4.69) is 10.6 Å². The third kappa shape index (κ3) is 3.94. The number of hydrogen-bond donors (Lipinski definition) is 3. The summed E-state index contributed by atoms with van der Waals surface area (Å²) in [5.74, 6) is 0.0613. The van der Waals surface area contributed by atoms with Gasteiger partial charge >= 0.3 is 0 Å². The number of benzene rings is 1. The van der Waals surface area contributed by atoms with Crippen molar-refractivity contribution in [1.29, 1.82) is 0 Å². The lowest BCUT2D eigenvalue weighted by atomic mass is 9.54. The zero-order valence-electron chi connectivity index (χ0n) is 17.2. The number of hydrogen-bond acceptors (Lipinski definition) is 4. The van der Waals surface area contributed by atoms with Crippen molar-refractivity contribution >= 4 is 17.5 Å². The predicted molar refractivity (Wildman–Crippen MR) is 110 cm³/mol. The highest BCUT2D eigenvalue weighted by molar-refractivity contribution is 5.92. The summed E-state index contributed by atoms with van der Waals surface area (Å²) in [6, 6.07) is 7.61. The van der Waals surface area contributed by atoms with Crippen molar-refractivity contribution in [2.75, 3.05) is 11.9 Å². The van der Waals surface area contributed by atoms with E-state index in [1.165, 1.54) is 0 Å². The van der Waals surface area contributed by atoms with Crippen molar-refractivity contribution < 1.29 is 14.3 Å². The van der Waals surface area contributed by atoms with Gasteiger partial charge in [0.1, 0.15) is 5.54 Å². The molecule has 2 atom stereocenters. The Morgan fingerprint density at radius 1 is 1.25 bits per heavy atom. The van der Waals surface area contributed by atoms with Crippen LogP contribution in [0.4, 0.5) is 5.69 Å². The molecule has 0 heterocycles. The second kappa shape index (κ2) is 8.21. The van der Waals surface area contributed by atoms with Crippen LogP contribution in [0.15, 0.2) is 24.3 Å². The average molecular weight is 388 g/mol. The lowest BCUT2D eigenvalue weighted by Crippen LogP contribution is -2.75. The van der Waals surface area contributed by atoms with E-state index in [0.29, 0.717) is 19.6 Å². The van der Waals surface area contributed by atoms with Gasteiger partial charge in [-0.05, 0) is 37.5 Å². The van der Waals surface area contributed by atoms with Crippen LogP contribution in [0.25, 0.3) is 0 Å². The summed E-state index contributed by atoms with van der Waals surface area (Å²) < 4.78 is 5.70. The van der Waals surface area contributed by atoms with Crippen LogP contribution in [0.5, 0.6) is 0 Å². The summed E-state index contributed by atoms with van der Waals surface area (Å²) in [7, 11) is 0. The number of carbonyl (C=O) groups excluding carboxylic acids is 2. The second-order valence-electron chi connectivity index (χ2n) is 8.69. The minimum atomic E-state index is -0.929. The Morgan fingerprint density at radius 3 is 2.61 bits per heavy atom. The largest absolute Gasteiger partial charge is 0.378 e. The molecule has 154 valence electrons. The fourth-order valence-electron chi connectivity index (χ4n) is 4.35. The SMILES string of the molecule is CCOC1CC(N)(C(=O)NCc2cccc(NC(=O)C3CCCC3)c2)C1(C)C. The first kappa shape index (κ1) is 20.8. The number of ether oxygens (including phenoxy) is 1. The van der Waals surface area contributed by atoms with E-state index in [1.807, 2.05) is 45.0 Å². The molecule has 2 amide bonds. The van der Waals surface area contributed by atoms with Gasteiger partial charge < -0.3 is 21.1 Å². The van der Waals surface area contributed by atoms with E-state index in [-0.39, 0.29) is 23.8 Å². The van der Waals surface area contributed by atoms with Crippen molar-refractivity contribution in [2.45, 2.75) is 71.1 Å². The molecule has 2 saturated carbocycles. The van der Waals surface area contributed by atoms with Gasteiger partial charge in [-0.15, -0.1) is 0 Å². The van der Waals surface area contributed by atoms with Crippen LogP contribution in [-0.4, -0.2) is 30.1 Å². The van der Waals surface area contributed by atoms with Crippen LogP contribution in [0, 0.1) is 11.3 Å². The lowest BCUT2D eigenvalue weighted by molar-refractivity contribution is -0.170. The second-order valence-corrected chi connectivity index (χ2v) is 8.69. The fraction of sp³-hybridized carbons (Fsp3) is 0.636. The Bertz CT molecular complexity index is 727. The Balaban J connectivity index is 1.56. The normalized spacial score (nSPS) is 26.5. The van der Waals surface area contributed by atoms with Crippen molar-refractivity contribution in [3.63, 3.8) is 0 Å². The van der Waals surface area contributed by atoms with E-state index in [4.69, 9.17) is 10.5 Å². The van der Waals surface area contributed by atoms with E-state index >= 15 is 0 Å². The molecule has 2 unspecified atom stereocenters. The van der Waals surface area contributed by atoms with Crippen LogP contribution in [0.3, 0.4) is 0 Å². The highest BCUT2D eigenvalue weighted by atomic mass is 16.5. The highest BCUT2D eigenvalue weighted by Crippen LogP contribution is 2.49. The molecule has 4 N–H and O–H groups in total. The van der Waals surface area contributed by atoms with Crippen LogP contribution in [0.1, 0.15) is 58.4 Å². The van der Waals surface area contributed by atoms with E-state index < -0.39 is 11.0 Å². The van der Waals surface area contributed by atoms with Gasteiger partial charge in [0, 0.05) is 36.6 Å². The molecule has 3 rings (SSSR count). The van der Waals surface area contributed by atoms with Gasteiger partial charge in [0.05, 0.1) is 6.10 Å². The summed E-state index contributed by atoms with van der Waals surface area (Å²) in [4.78, 5) is 25.1. The van der Waals surface area contributed by atoms with Gasteiger partial charge in [-0.3, -0.25) is 9.59 Å². The van der Waals surface area contributed by atoms with E-state index in [9.17, 15) is 9.59 Å². The first-order chi connectivity index (χ1) is 13.3. The summed E-state index contributed by atoms with van der Waals surface area (Å²) in [6.07, 6.45) is 4.73. The van der Waals surface area contributed by atoms with Crippen LogP contribution < -0.4 is 16.4 Å². The first-order valence-corrected chi connectivity index (χ1v) is 10.4. The Labute approximate surface area is 167 Å². The van der Waals surface area contributed by atoms with Crippen molar-refractivity contribution in [3.8, 4) is 0 Å². The first-order valence-electron chi connectivity index (χ1n) is 10.4. The van der Waals surface area contributed by atoms with Crippen molar-refractivity contribution in [1.82, 2.24) is 5.32 Å². The molecule has 2 fully saturated rings. The molecular weight excluding hydrogens is 354 g/mol. The maximum absolute atomic E-state index is 12.8. The van der Waals surface area contributed by atoms with Gasteiger partial charge in [0.2, 0.25) is 11.8 Å². The molecule has 6 nitrogen and oxygen atoms in total. The van der Waals surface area contributed by atoms with E-state index in [0.717, 1.165) is 36.9 Å². The zero-order chi connectivity index (χ0) is 20.4. The maximum atomic E-state index is 12.8. The van der Waals surface area contributed by atoms with Crippen molar-refractivity contribution in [3.05, 3.63) is 29.8 Å². The molecule has 0 aliphatic heterocycles. The molecule has 1 aromatic carbocycles. The maximum Gasteiger partial charge on any atom is 0.241 e. The molecule has 6 heteroatoms. The molecule has 0 radical (unpaired) electrons. The predicted octanol–water partition coefficient (Wildman–Crippen LogP) is 2.96. The molecule has 0 aromatic heterocycles. The minimum absolute atomic E-state index is 0.00220. The van der Waals surface area contributed by atoms with Gasteiger partial charge in [0.15, 0.2) is 0 Å². The molecular formula is C22H33N3O3. The number of rotatable bonds is 7. The fourth-order valence-corrected chi connectivity index (χ4v) is 4.35. The number of carbonyl (C=O) groups is 2. The number of amides is 2. The summed E-state index contributed by atoms with van der Waals surface area (Å²) >= 11 is 0. The number of nitrogens with two attached hydrogens (primary N) is 1. The number of anilines is 1. The van der Waals surface area contributed by atoms with Crippen LogP contribution in [-0.2, 0) is 20.9 Å². The van der Waals surface area contributed by atoms with Crippen molar-refractivity contribution in [2.24, 2.45) is 17.1 Å². The third-order valence-corrected chi connectivity index (χ3v) is 6.61. The van der Waals surface area contributed by atoms with Gasteiger partial charge in [-0.1, -0.05) is 38.8 Å². The molecule has 28 heavy (non-hydrogen) atoms. The molecule has 0 saturated heterocycles. The summed E-state index contributed by atoms with van der Waals surface area (Å²) in [6.45, 7) is 6.90. The Morgan fingerprint density at radius 2 is 1.96 bits per heavy atom. The topological polar surface area (TPSA) is 93.4 Å². The number of nitrogens with one attached hydrogen (secondary N) is 2. The van der Waals surface area contributed by atoms with Crippen LogP contribution >= 0.6 is 0 Å². The van der Waals surface area contributed by atoms with Gasteiger partial charge in [0.25, 0.3) is 0 Å².